The molecule has 0 saturated carbocycles. The van der Waals surface area contributed by atoms with E-state index in [4.69, 9.17) is 4.74 Å². The highest BCUT2D eigenvalue weighted by Crippen LogP contribution is 2.31. The Labute approximate surface area is 186 Å². The van der Waals surface area contributed by atoms with Gasteiger partial charge in [-0.25, -0.2) is 0 Å². The minimum absolute atomic E-state index is 0.0116. The van der Waals surface area contributed by atoms with Crippen molar-refractivity contribution in [3.63, 3.8) is 0 Å². The third-order valence-corrected chi connectivity index (χ3v) is 5.80. The molecule has 0 saturated heterocycles. The SMILES string of the molecule is COc1ccc(-c2nnc(SC(C)C(=O)Nc3ccc(C(C)=O)cc3)n2C(C)C)cc1. The lowest BCUT2D eigenvalue weighted by molar-refractivity contribution is -0.115. The molecule has 1 atom stereocenters. The summed E-state index contributed by atoms with van der Waals surface area (Å²) in [5.74, 6) is 1.36. The van der Waals surface area contributed by atoms with Gasteiger partial charge in [-0.3, -0.25) is 14.2 Å². The van der Waals surface area contributed by atoms with E-state index in [1.165, 1.54) is 18.7 Å². The van der Waals surface area contributed by atoms with Crippen LogP contribution in [0.25, 0.3) is 11.4 Å². The Balaban J connectivity index is 1.75. The highest BCUT2D eigenvalue weighted by atomic mass is 32.2. The number of methoxy groups -OCH3 is 1. The normalized spacial score (nSPS) is 11.9. The highest BCUT2D eigenvalue weighted by molar-refractivity contribution is 8.00. The van der Waals surface area contributed by atoms with Gasteiger partial charge in [0.2, 0.25) is 5.91 Å². The summed E-state index contributed by atoms with van der Waals surface area (Å²) in [6, 6.07) is 14.6. The maximum atomic E-state index is 12.7. The number of nitrogens with zero attached hydrogens (tertiary/aromatic N) is 3. The van der Waals surface area contributed by atoms with Crippen molar-refractivity contribution < 1.29 is 14.3 Å². The van der Waals surface area contributed by atoms with Crippen molar-refractivity contribution >= 4 is 29.1 Å². The van der Waals surface area contributed by atoms with Crippen molar-refractivity contribution in [1.82, 2.24) is 14.8 Å². The van der Waals surface area contributed by atoms with Crippen LogP contribution in [0.5, 0.6) is 5.75 Å². The molecule has 1 heterocycles. The molecule has 3 rings (SSSR count). The molecule has 1 aromatic heterocycles. The van der Waals surface area contributed by atoms with Gasteiger partial charge in [0, 0.05) is 22.9 Å². The molecule has 0 spiro atoms. The number of hydrogen-bond donors (Lipinski definition) is 1. The number of Topliss-reactive ketones (excluding diaryl/α,β-unsaturated/α-hetero) is 1. The van der Waals surface area contributed by atoms with Crippen LogP contribution in [0, 0.1) is 0 Å². The fourth-order valence-corrected chi connectivity index (χ4v) is 3.98. The average Bonchev–Trinajstić information content (AvgIpc) is 3.17. The quantitative estimate of drug-likeness (QED) is 0.399. The third-order valence-electron chi connectivity index (χ3n) is 4.74. The number of benzene rings is 2. The Bertz CT molecular complexity index is 1060. The number of amides is 1. The predicted octanol–water partition coefficient (Wildman–Crippen LogP) is 4.86. The molecule has 0 radical (unpaired) electrons. The molecule has 3 aromatic rings. The van der Waals surface area contributed by atoms with Crippen molar-refractivity contribution in [2.75, 3.05) is 12.4 Å². The van der Waals surface area contributed by atoms with Crippen LogP contribution in [-0.4, -0.2) is 38.8 Å². The number of carbonyl (C=O) groups is 2. The van der Waals surface area contributed by atoms with Crippen LogP contribution in [0.2, 0.25) is 0 Å². The number of nitrogens with one attached hydrogen (secondary N) is 1. The van der Waals surface area contributed by atoms with E-state index in [-0.39, 0.29) is 17.7 Å². The molecule has 0 aliphatic carbocycles. The average molecular weight is 439 g/mol. The van der Waals surface area contributed by atoms with Gasteiger partial charge >= 0.3 is 0 Å². The van der Waals surface area contributed by atoms with Gasteiger partial charge in [0.15, 0.2) is 16.8 Å². The van der Waals surface area contributed by atoms with Crippen molar-refractivity contribution in [2.45, 2.75) is 44.1 Å². The van der Waals surface area contributed by atoms with Gasteiger partial charge < -0.3 is 10.1 Å². The summed E-state index contributed by atoms with van der Waals surface area (Å²) >= 11 is 1.36. The number of aromatic nitrogens is 3. The Kier molecular flexibility index (Phi) is 7.12. The molecule has 1 unspecified atom stereocenters. The van der Waals surface area contributed by atoms with Gasteiger partial charge in [-0.1, -0.05) is 11.8 Å². The molecule has 0 aliphatic heterocycles. The smallest absolute Gasteiger partial charge is 0.237 e. The molecule has 7 nitrogen and oxygen atoms in total. The van der Waals surface area contributed by atoms with Gasteiger partial charge in [-0.15, -0.1) is 10.2 Å². The van der Waals surface area contributed by atoms with Crippen LogP contribution < -0.4 is 10.1 Å². The highest BCUT2D eigenvalue weighted by Gasteiger charge is 2.22. The van der Waals surface area contributed by atoms with Crippen LogP contribution in [0.3, 0.4) is 0 Å². The van der Waals surface area contributed by atoms with E-state index in [1.807, 2.05) is 35.8 Å². The molecule has 31 heavy (non-hydrogen) atoms. The van der Waals surface area contributed by atoms with Crippen LogP contribution >= 0.6 is 11.8 Å². The summed E-state index contributed by atoms with van der Waals surface area (Å²) in [6.07, 6.45) is 0. The zero-order valence-corrected chi connectivity index (χ0v) is 19.1. The standard InChI is InChI=1S/C23H26N4O3S/c1-14(2)27-21(18-8-12-20(30-5)13-9-18)25-26-23(27)31-16(4)22(29)24-19-10-6-17(7-11-19)15(3)28/h6-14,16H,1-5H3,(H,24,29). The Hall–Kier alpha value is -3.13. The van der Waals surface area contributed by atoms with Crippen LogP contribution in [0.1, 0.15) is 44.1 Å². The predicted molar refractivity (Wildman–Crippen MR) is 123 cm³/mol. The van der Waals surface area contributed by atoms with E-state index in [0.29, 0.717) is 16.4 Å². The van der Waals surface area contributed by atoms with Crippen molar-refractivity contribution in [2.24, 2.45) is 0 Å². The minimum Gasteiger partial charge on any atom is -0.497 e. The number of ether oxygens (including phenoxy) is 1. The summed E-state index contributed by atoms with van der Waals surface area (Å²) in [7, 11) is 1.63. The lowest BCUT2D eigenvalue weighted by Crippen LogP contribution is -2.23. The van der Waals surface area contributed by atoms with Gasteiger partial charge in [-0.2, -0.15) is 0 Å². The summed E-state index contributed by atoms with van der Waals surface area (Å²) in [4.78, 5) is 24.1. The van der Waals surface area contributed by atoms with Crippen molar-refractivity contribution in [1.29, 1.82) is 0 Å². The first kappa shape index (κ1) is 22.6. The maximum Gasteiger partial charge on any atom is 0.237 e. The maximum absolute atomic E-state index is 12.7. The molecule has 8 heteroatoms. The first-order valence-corrected chi connectivity index (χ1v) is 10.9. The van der Waals surface area contributed by atoms with Gasteiger partial charge in [0.05, 0.1) is 12.4 Å². The van der Waals surface area contributed by atoms with Crippen LogP contribution in [-0.2, 0) is 4.79 Å². The topological polar surface area (TPSA) is 86.1 Å². The molecular weight excluding hydrogens is 412 g/mol. The second-order valence-corrected chi connectivity index (χ2v) is 8.69. The molecule has 0 bridgehead atoms. The second-order valence-electron chi connectivity index (χ2n) is 7.38. The molecule has 2 aromatic carbocycles. The summed E-state index contributed by atoms with van der Waals surface area (Å²) in [6.45, 7) is 7.46. The largest absolute Gasteiger partial charge is 0.497 e. The van der Waals surface area contributed by atoms with Crippen molar-refractivity contribution in [3.8, 4) is 17.1 Å². The molecule has 162 valence electrons. The van der Waals surface area contributed by atoms with Crippen molar-refractivity contribution in [3.05, 3.63) is 54.1 Å². The minimum atomic E-state index is -0.391. The second kappa shape index (κ2) is 9.78. The molecular formula is C23H26N4O3S. The first-order chi connectivity index (χ1) is 14.8. The van der Waals surface area contributed by atoms with Gasteiger partial charge in [0.25, 0.3) is 0 Å². The monoisotopic (exact) mass is 438 g/mol. The fourth-order valence-electron chi connectivity index (χ4n) is 3.00. The van der Waals surface area contributed by atoms with E-state index < -0.39 is 5.25 Å². The summed E-state index contributed by atoms with van der Waals surface area (Å²) in [5.41, 5.74) is 2.18. The van der Waals surface area contributed by atoms with E-state index >= 15 is 0 Å². The van der Waals surface area contributed by atoms with Crippen LogP contribution in [0.15, 0.2) is 53.7 Å². The molecule has 1 amide bonds. The summed E-state index contributed by atoms with van der Waals surface area (Å²) < 4.78 is 7.25. The Morgan fingerprint density at radius 1 is 1.00 bits per heavy atom. The van der Waals surface area contributed by atoms with E-state index in [2.05, 4.69) is 29.4 Å². The van der Waals surface area contributed by atoms with Gasteiger partial charge in [0.1, 0.15) is 5.75 Å². The zero-order chi connectivity index (χ0) is 22.5. The number of hydrogen-bond acceptors (Lipinski definition) is 6. The fraction of sp³-hybridized carbons (Fsp3) is 0.304. The Morgan fingerprint density at radius 2 is 1.65 bits per heavy atom. The third kappa shape index (κ3) is 5.32. The number of rotatable bonds is 8. The van der Waals surface area contributed by atoms with E-state index in [9.17, 15) is 9.59 Å². The summed E-state index contributed by atoms with van der Waals surface area (Å²) in [5, 5.41) is 11.9. The number of carbonyl (C=O) groups excluding carboxylic acids is 2. The van der Waals surface area contributed by atoms with E-state index in [1.54, 1.807) is 31.4 Å². The van der Waals surface area contributed by atoms with Crippen LogP contribution in [0.4, 0.5) is 5.69 Å². The van der Waals surface area contributed by atoms with Gasteiger partial charge in [-0.05, 0) is 76.2 Å². The lowest BCUT2D eigenvalue weighted by Gasteiger charge is -2.16. The number of ketones is 1. The number of anilines is 1. The molecule has 0 fully saturated rings. The lowest BCUT2D eigenvalue weighted by atomic mass is 10.1. The molecule has 0 aliphatic rings. The van der Waals surface area contributed by atoms with E-state index in [0.717, 1.165) is 17.1 Å². The molecule has 1 N–H and O–H groups in total. The zero-order valence-electron chi connectivity index (χ0n) is 18.2. The number of thioether (sulfide) groups is 1. The first-order valence-electron chi connectivity index (χ1n) is 9.98. The Morgan fingerprint density at radius 3 is 2.19 bits per heavy atom.